The highest BCUT2D eigenvalue weighted by atomic mass is 16.5. The summed E-state index contributed by atoms with van der Waals surface area (Å²) < 4.78 is 5.62. The molecule has 0 radical (unpaired) electrons. The third-order valence-electron chi connectivity index (χ3n) is 3.07. The van der Waals surface area contributed by atoms with E-state index in [1.165, 1.54) is 16.2 Å². The molecular weight excluding hydrogens is 250 g/mol. The topological polar surface area (TPSA) is 32.7 Å². The largest absolute Gasteiger partial charge is 0.494 e. The lowest BCUT2D eigenvalue weighted by molar-refractivity contribution is -0.0670. The van der Waals surface area contributed by atoms with Crippen molar-refractivity contribution in [2.24, 2.45) is 0 Å². The fraction of sp³-hybridized carbons (Fsp3) is 0.294. The fourth-order valence-corrected chi connectivity index (χ4v) is 2.02. The summed E-state index contributed by atoms with van der Waals surface area (Å²) in [6.07, 6.45) is 1.75. The molecule has 106 valence electrons. The molecule has 0 aliphatic rings. The summed E-state index contributed by atoms with van der Waals surface area (Å²) in [5, 5.41) is 10.2. The van der Waals surface area contributed by atoms with Gasteiger partial charge in [-0.15, -0.1) is 0 Å². The zero-order chi connectivity index (χ0) is 14.2. The Bertz CT molecular complexity index is 494. The van der Waals surface area contributed by atoms with Crippen LogP contribution in [0, 0.1) is 0 Å². The quantitative estimate of drug-likeness (QED) is 0.619. The van der Waals surface area contributed by atoms with Gasteiger partial charge in [0.15, 0.2) is 0 Å². The van der Waals surface area contributed by atoms with E-state index in [0.717, 1.165) is 18.6 Å². The third kappa shape index (κ3) is 5.03. The summed E-state index contributed by atoms with van der Waals surface area (Å²) in [7, 11) is 1.64. The van der Waals surface area contributed by atoms with Crippen molar-refractivity contribution in [2.45, 2.75) is 12.8 Å². The molecule has 0 aliphatic heterocycles. The highest BCUT2D eigenvalue weighted by Gasteiger charge is 1.98. The van der Waals surface area contributed by atoms with Gasteiger partial charge in [-0.2, -0.15) is 5.06 Å². The van der Waals surface area contributed by atoms with Crippen LogP contribution in [0.4, 0.5) is 0 Å². The van der Waals surface area contributed by atoms with Crippen molar-refractivity contribution < 1.29 is 9.94 Å². The van der Waals surface area contributed by atoms with Crippen LogP contribution in [-0.2, 0) is 6.42 Å². The van der Waals surface area contributed by atoms with Crippen molar-refractivity contribution in [3.8, 4) is 5.75 Å². The van der Waals surface area contributed by atoms with Crippen LogP contribution < -0.4 is 4.74 Å². The third-order valence-corrected chi connectivity index (χ3v) is 3.07. The van der Waals surface area contributed by atoms with Crippen LogP contribution >= 0.6 is 0 Å². The Balaban J connectivity index is 1.81. The Labute approximate surface area is 120 Å². The van der Waals surface area contributed by atoms with Crippen LogP contribution in [0.1, 0.15) is 17.5 Å². The summed E-state index contributed by atoms with van der Waals surface area (Å²) in [4.78, 5) is 0. The van der Waals surface area contributed by atoms with Crippen LogP contribution in [0.25, 0.3) is 0 Å². The molecule has 1 N–H and O–H groups in total. The van der Waals surface area contributed by atoms with Gasteiger partial charge < -0.3 is 9.94 Å². The summed E-state index contributed by atoms with van der Waals surface area (Å²) in [5.74, 6) is 0.877. The molecule has 2 rings (SSSR count). The molecule has 0 fully saturated rings. The Morgan fingerprint density at radius 2 is 1.60 bits per heavy atom. The molecule has 0 atom stereocenters. The lowest BCUT2D eigenvalue weighted by atomic mass is 10.1. The van der Waals surface area contributed by atoms with E-state index in [1.807, 2.05) is 18.2 Å². The lowest BCUT2D eigenvalue weighted by Crippen LogP contribution is -2.16. The average molecular weight is 271 g/mol. The highest BCUT2D eigenvalue weighted by molar-refractivity contribution is 5.31. The smallest absolute Gasteiger partial charge is 0.119 e. The van der Waals surface area contributed by atoms with Crippen LogP contribution in [0.15, 0.2) is 54.6 Å². The molecule has 0 aliphatic carbocycles. The lowest BCUT2D eigenvalue weighted by Gasteiger charge is -2.09. The molecule has 0 unspecified atom stereocenters. The molecule has 0 spiro atoms. The van der Waals surface area contributed by atoms with E-state index in [9.17, 15) is 0 Å². The van der Waals surface area contributed by atoms with E-state index in [4.69, 9.17) is 9.94 Å². The van der Waals surface area contributed by atoms with Crippen LogP contribution in [0.3, 0.4) is 0 Å². The maximum atomic E-state index is 9.00. The summed E-state index contributed by atoms with van der Waals surface area (Å²) in [6.45, 7) is 1.23. The molecule has 0 bridgehead atoms. The Morgan fingerprint density at radius 1 is 0.950 bits per heavy atom. The van der Waals surface area contributed by atoms with Gasteiger partial charge in [0.1, 0.15) is 5.75 Å². The maximum Gasteiger partial charge on any atom is 0.119 e. The van der Waals surface area contributed by atoms with E-state index in [0.29, 0.717) is 13.2 Å². The van der Waals surface area contributed by atoms with Gasteiger partial charge in [-0.05, 0) is 36.1 Å². The maximum absolute atomic E-state index is 9.00. The number of benzene rings is 2. The first kappa shape index (κ1) is 14.6. The van der Waals surface area contributed by atoms with Crippen molar-refractivity contribution in [3.63, 3.8) is 0 Å². The minimum Gasteiger partial charge on any atom is -0.494 e. The van der Waals surface area contributed by atoms with Crippen molar-refractivity contribution in [1.29, 1.82) is 0 Å². The molecular formula is C17H21NO2. The van der Waals surface area contributed by atoms with E-state index in [1.54, 1.807) is 7.05 Å². The normalized spacial score (nSPS) is 10.8. The number of ether oxygens (including phenoxy) is 1. The van der Waals surface area contributed by atoms with Crippen molar-refractivity contribution >= 4 is 0 Å². The molecule has 20 heavy (non-hydrogen) atoms. The van der Waals surface area contributed by atoms with Gasteiger partial charge in [0.25, 0.3) is 0 Å². The predicted molar refractivity (Wildman–Crippen MR) is 80.2 cm³/mol. The van der Waals surface area contributed by atoms with Crippen molar-refractivity contribution in [1.82, 2.24) is 5.06 Å². The first-order valence-electron chi connectivity index (χ1n) is 6.90. The summed E-state index contributed by atoms with van der Waals surface area (Å²) >= 11 is 0. The van der Waals surface area contributed by atoms with Gasteiger partial charge in [0.2, 0.25) is 0 Å². The molecule has 3 heteroatoms. The Hall–Kier alpha value is -1.84. The Morgan fingerprint density at radius 3 is 2.25 bits per heavy atom. The second kappa shape index (κ2) is 7.68. The number of hydrogen-bond donors (Lipinski definition) is 1. The number of nitrogens with zero attached hydrogens (tertiary/aromatic N) is 1. The monoisotopic (exact) mass is 271 g/mol. The molecule has 2 aromatic rings. The van der Waals surface area contributed by atoms with E-state index in [2.05, 4.69) is 36.4 Å². The zero-order valence-corrected chi connectivity index (χ0v) is 11.8. The van der Waals surface area contributed by atoms with Gasteiger partial charge in [0, 0.05) is 13.6 Å². The Kier molecular flexibility index (Phi) is 5.59. The average Bonchev–Trinajstić information content (AvgIpc) is 2.46. The first-order chi connectivity index (χ1) is 9.74. The summed E-state index contributed by atoms with van der Waals surface area (Å²) in [5.41, 5.74) is 2.59. The van der Waals surface area contributed by atoms with Crippen molar-refractivity contribution in [2.75, 3.05) is 20.2 Å². The van der Waals surface area contributed by atoms with Gasteiger partial charge in [-0.1, -0.05) is 42.5 Å². The second-order valence-corrected chi connectivity index (χ2v) is 4.89. The first-order valence-corrected chi connectivity index (χ1v) is 6.90. The van der Waals surface area contributed by atoms with E-state index >= 15 is 0 Å². The molecule has 0 amide bonds. The number of rotatable bonds is 7. The number of hydrogen-bond acceptors (Lipinski definition) is 3. The second-order valence-electron chi connectivity index (χ2n) is 4.89. The van der Waals surface area contributed by atoms with E-state index < -0.39 is 0 Å². The zero-order valence-electron chi connectivity index (χ0n) is 11.8. The fourth-order valence-electron chi connectivity index (χ4n) is 2.02. The van der Waals surface area contributed by atoms with Crippen molar-refractivity contribution in [3.05, 3.63) is 65.7 Å². The SMILES string of the molecule is CN(O)CCCOc1ccc(Cc2ccccc2)cc1. The molecule has 0 aromatic heterocycles. The van der Waals surface area contributed by atoms with Gasteiger partial charge in [-0.25, -0.2) is 0 Å². The van der Waals surface area contributed by atoms with Gasteiger partial charge >= 0.3 is 0 Å². The van der Waals surface area contributed by atoms with Crippen LogP contribution in [0.2, 0.25) is 0 Å². The minimum absolute atomic E-state index is 0.614. The molecule has 0 heterocycles. The van der Waals surface area contributed by atoms with Gasteiger partial charge in [-0.3, -0.25) is 0 Å². The van der Waals surface area contributed by atoms with Crippen LogP contribution in [-0.4, -0.2) is 30.5 Å². The molecule has 3 nitrogen and oxygen atoms in total. The molecule has 0 saturated heterocycles. The molecule has 2 aromatic carbocycles. The highest BCUT2D eigenvalue weighted by Crippen LogP contribution is 2.15. The standard InChI is InChI=1S/C17H21NO2/c1-18(19)12-5-13-20-17-10-8-16(9-11-17)14-15-6-3-2-4-7-15/h2-4,6-11,19H,5,12-14H2,1H3. The number of hydroxylamine groups is 2. The van der Waals surface area contributed by atoms with Crippen LogP contribution in [0.5, 0.6) is 5.75 Å². The summed E-state index contributed by atoms with van der Waals surface area (Å²) in [6, 6.07) is 18.6. The van der Waals surface area contributed by atoms with E-state index in [-0.39, 0.29) is 0 Å². The minimum atomic E-state index is 0.614. The van der Waals surface area contributed by atoms with Gasteiger partial charge in [0.05, 0.1) is 6.61 Å². The molecule has 0 saturated carbocycles. The predicted octanol–water partition coefficient (Wildman–Crippen LogP) is 3.37.